The number of rotatable bonds is 4. The van der Waals surface area contributed by atoms with Crippen LogP contribution in [0.1, 0.15) is 24.1 Å². The van der Waals surface area contributed by atoms with Crippen LogP contribution in [-0.2, 0) is 11.3 Å². The average molecular weight is 317 g/mol. The Balaban J connectivity index is 1.82. The maximum absolute atomic E-state index is 12.0. The minimum Gasteiger partial charge on any atom is -0.341 e. The van der Waals surface area contributed by atoms with Gasteiger partial charge >= 0.3 is 0 Å². The summed E-state index contributed by atoms with van der Waals surface area (Å²) in [5.41, 5.74) is 0. The molecule has 0 radical (unpaired) electrons. The molecule has 2 rings (SSSR count). The van der Waals surface area contributed by atoms with E-state index in [1.807, 2.05) is 18.0 Å². The molecule has 1 N–H and O–H groups in total. The summed E-state index contributed by atoms with van der Waals surface area (Å²) in [7, 11) is 1.88. The SMILES string of the molecule is CN(Cc1ccc(Br)s1)C(=O)CC1CCCN1. The van der Waals surface area contributed by atoms with Crippen molar-refractivity contribution in [1.29, 1.82) is 0 Å². The average Bonchev–Trinajstić information content (AvgIpc) is 2.90. The first-order valence-electron chi connectivity index (χ1n) is 5.86. The molecule has 2 heterocycles. The minimum atomic E-state index is 0.230. The first-order chi connectivity index (χ1) is 8.15. The molecule has 1 saturated heterocycles. The van der Waals surface area contributed by atoms with Crippen molar-refractivity contribution in [2.24, 2.45) is 0 Å². The molecule has 1 aromatic rings. The van der Waals surface area contributed by atoms with E-state index in [9.17, 15) is 4.79 Å². The van der Waals surface area contributed by atoms with Gasteiger partial charge in [-0.15, -0.1) is 11.3 Å². The van der Waals surface area contributed by atoms with Crippen LogP contribution >= 0.6 is 27.3 Å². The van der Waals surface area contributed by atoms with E-state index >= 15 is 0 Å². The highest BCUT2D eigenvalue weighted by atomic mass is 79.9. The van der Waals surface area contributed by atoms with Crippen LogP contribution in [-0.4, -0.2) is 30.4 Å². The standard InChI is InChI=1S/C12H17BrN2OS/c1-15(8-10-4-5-11(13)17-10)12(16)7-9-3-2-6-14-9/h4-5,9,14H,2-3,6-8H2,1H3. The number of thiophene rings is 1. The predicted molar refractivity (Wildman–Crippen MR) is 74.1 cm³/mol. The minimum absolute atomic E-state index is 0.230. The smallest absolute Gasteiger partial charge is 0.224 e. The summed E-state index contributed by atoms with van der Waals surface area (Å²) in [5, 5.41) is 3.36. The van der Waals surface area contributed by atoms with Gasteiger partial charge in [-0.05, 0) is 47.4 Å². The Labute approximate surface area is 114 Å². The van der Waals surface area contributed by atoms with Gasteiger partial charge in [0, 0.05) is 24.4 Å². The maximum atomic E-state index is 12.0. The zero-order valence-electron chi connectivity index (χ0n) is 9.91. The molecule has 94 valence electrons. The third-order valence-electron chi connectivity index (χ3n) is 3.03. The number of hydrogen-bond acceptors (Lipinski definition) is 3. The van der Waals surface area contributed by atoms with E-state index in [-0.39, 0.29) is 5.91 Å². The second-order valence-corrected chi connectivity index (χ2v) is 7.00. The van der Waals surface area contributed by atoms with E-state index < -0.39 is 0 Å². The highest BCUT2D eigenvalue weighted by Gasteiger charge is 2.20. The molecule has 1 aliphatic heterocycles. The van der Waals surface area contributed by atoms with Gasteiger partial charge in [0.25, 0.3) is 0 Å². The normalized spacial score (nSPS) is 19.5. The summed E-state index contributed by atoms with van der Waals surface area (Å²) in [4.78, 5) is 15.0. The molecule has 3 nitrogen and oxygen atoms in total. The summed E-state index contributed by atoms with van der Waals surface area (Å²) in [6.07, 6.45) is 2.95. The quantitative estimate of drug-likeness (QED) is 0.926. The molecule has 0 aromatic carbocycles. The fourth-order valence-electron chi connectivity index (χ4n) is 2.06. The Kier molecular flexibility index (Phi) is 4.59. The van der Waals surface area contributed by atoms with Gasteiger partial charge in [-0.2, -0.15) is 0 Å². The summed E-state index contributed by atoms with van der Waals surface area (Å²) in [6, 6.07) is 4.48. The summed E-state index contributed by atoms with van der Waals surface area (Å²) < 4.78 is 1.12. The summed E-state index contributed by atoms with van der Waals surface area (Å²) in [5.74, 6) is 0.230. The van der Waals surface area contributed by atoms with Gasteiger partial charge in [0.05, 0.1) is 10.3 Å². The number of carbonyl (C=O) groups excluding carboxylic acids is 1. The number of nitrogens with one attached hydrogen (secondary N) is 1. The zero-order valence-corrected chi connectivity index (χ0v) is 12.3. The third-order valence-corrected chi connectivity index (χ3v) is 4.64. The maximum Gasteiger partial charge on any atom is 0.224 e. The summed E-state index contributed by atoms with van der Waals surface area (Å²) >= 11 is 5.12. The highest BCUT2D eigenvalue weighted by molar-refractivity contribution is 9.11. The lowest BCUT2D eigenvalue weighted by molar-refractivity contribution is -0.130. The van der Waals surface area contributed by atoms with Gasteiger partial charge in [-0.3, -0.25) is 4.79 Å². The Morgan fingerprint density at radius 2 is 2.47 bits per heavy atom. The topological polar surface area (TPSA) is 32.3 Å². The largest absolute Gasteiger partial charge is 0.341 e. The van der Waals surface area contributed by atoms with Crippen molar-refractivity contribution in [2.75, 3.05) is 13.6 Å². The lowest BCUT2D eigenvalue weighted by atomic mass is 10.1. The molecule has 0 bridgehead atoms. The Morgan fingerprint density at radius 1 is 1.65 bits per heavy atom. The molecular formula is C12H17BrN2OS. The Bertz CT molecular complexity index is 388. The molecule has 1 unspecified atom stereocenters. The molecule has 1 atom stereocenters. The van der Waals surface area contributed by atoms with E-state index in [4.69, 9.17) is 0 Å². The Hall–Kier alpha value is -0.390. The predicted octanol–water partition coefficient (Wildman–Crippen LogP) is 2.61. The van der Waals surface area contributed by atoms with Crippen LogP contribution in [0.3, 0.4) is 0 Å². The van der Waals surface area contributed by atoms with Crippen molar-refractivity contribution in [2.45, 2.75) is 31.8 Å². The zero-order chi connectivity index (χ0) is 12.3. The molecule has 1 amide bonds. The van der Waals surface area contributed by atoms with Crippen LogP contribution in [0, 0.1) is 0 Å². The van der Waals surface area contributed by atoms with E-state index in [0.29, 0.717) is 19.0 Å². The molecule has 5 heteroatoms. The fourth-order valence-corrected chi connectivity index (χ4v) is 3.59. The number of hydrogen-bond donors (Lipinski definition) is 1. The summed E-state index contributed by atoms with van der Waals surface area (Å²) in [6.45, 7) is 1.77. The van der Waals surface area contributed by atoms with Crippen molar-refractivity contribution in [1.82, 2.24) is 10.2 Å². The first kappa shape index (κ1) is 13.1. The van der Waals surface area contributed by atoms with E-state index in [1.165, 1.54) is 11.3 Å². The van der Waals surface area contributed by atoms with Crippen LogP contribution in [0.4, 0.5) is 0 Å². The van der Waals surface area contributed by atoms with Crippen LogP contribution in [0.15, 0.2) is 15.9 Å². The Morgan fingerprint density at radius 3 is 3.06 bits per heavy atom. The molecule has 1 fully saturated rings. The van der Waals surface area contributed by atoms with Gasteiger partial charge in [-0.1, -0.05) is 0 Å². The monoisotopic (exact) mass is 316 g/mol. The molecule has 0 spiro atoms. The van der Waals surface area contributed by atoms with E-state index in [1.54, 1.807) is 11.3 Å². The van der Waals surface area contributed by atoms with Crippen molar-refractivity contribution in [3.8, 4) is 0 Å². The van der Waals surface area contributed by atoms with E-state index in [0.717, 1.165) is 16.8 Å². The van der Waals surface area contributed by atoms with Crippen LogP contribution in [0.25, 0.3) is 0 Å². The second-order valence-electron chi connectivity index (χ2n) is 4.45. The number of carbonyl (C=O) groups is 1. The molecule has 1 aliphatic rings. The highest BCUT2D eigenvalue weighted by Crippen LogP contribution is 2.23. The van der Waals surface area contributed by atoms with E-state index in [2.05, 4.69) is 27.3 Å². The van der Waals surface area contributed by atoms with Crippen molar-refractivity contribution < 1.29 is 4.79 Å². The van der Waals surface area contributed by atoms with Crippen molar-refractivity contribution >= 4 is 33.2 Å². The van der Waals surface area contributed by atoms with Crippen molar-refractivity contribution in [3.63, 3.8) is 0 Å². The number of halogens is 1. The van der Waals surface area contributed by atoms with Crippen LogP contribution in [0.5, 0.6) is 0 Å². The molecule has 1 aromatic heterocycles. The van der Waals surface area contributed by atoms with Gasteiger partial charge in [0.15, 0.2) is 0 Å². The van der Waals surface area contributed by atoms with Gasteiger partial charge in [0.2, 0.25) is 5.91 Å². The first-order valence-corrected chi connectivity index (χ1v) is 7.47. The fraction of sp³-hybridized carbons (Fsp3) is 0.583. The second kappa shape index (κ2) is 5.98. The van der Waals surface area contributed by atoms with Gasteiger partial charge in [-0.25, -0.2) is 0 Å². The number of amides is 1. The van der Waals surface area contributed by atoms with Crippen LogP contribution in [0.2, 0.25) is 0 Å². The molecule has 0 aliphatic carbocycles. The van der Waals surface area contributed by atoms with Crippen molar-refractivity contribution in [3.05, 3.63) is 20.8 Å². The van der Waals surface area contributed by atoms with Gasteiger partial charge in [0.1, 0.15) is 0 Å². The number of nitrogens with zero attached hydrogens (tertiary/aromatic N) is 1. The third kappa shape index (κ3) is 3.79. The lowest BCUT2D eigenvalue weighted by Gasteiger charge is -2.18. The lowest BCUT2D eigenvalue weighted by Crippen LogP contribution is -2.32. The molecule has 17 heavy (non-hydrogen) atoms. The van der Waals surface area contributed by atoms with Gasteiger partial charge < -0.3 is 10.2 Å². The molecule has 0 saturated carbocycles. The molecular weight excluding hydrogens is 300 g/mol. The van der Waals surface area contributed by atoms with Crippen LogP contribution < -0.4 is 5.32 Å².